The van der Waals surface area contributed by atoms with Crippen LogP contribution in [0, 0.1) is 5.82 Å². The third kappa shape index (κ3) is 4.93. The maximum absolute atomic E-state index is 12.9. The van der Waals surface area contributed by atoms with Gasteiger partial charge in [0.2, 0.25) is 5.91 Å². The number of nitrogens with one attached hydrogen (secondary N) is 1. The standard InChI is InChI=1S/C12H17FN2O2/c1-17-8-11(7-14)15-12(16)6-9-3-2-4-10(13)5-9/h2-5,11H,6-8,14H2,1H3,(H,15,16). The topological polar surface area (TPSA) is 64.3 Å². The molecule has 1 amide bonds. The Hall–Kier alpha value is -1.46. The van der Waals surface area contributed by atoms with Gasteiger partial charge in [0, 0.05) is 13.7 Å². The number of halogens is 1. The van der Waals surface area contributed by atoms with E-state index in [1.54, 1.807) is 19.2 Å². The lowest BCUT2D eigenvalue weighted by atomic mass is 10.1. The summed E-state index contributed by atoms with van der Waals surface area (Å²) < 4.78 is 17.8. The predicted octanol–water partition coefficient (Wildman–Crippen LogP) is 0.458. The van der Waals surface area contributed by atoms with Crippen LogP contribution in [-0.4, -0.2) is 32.2 Å². The van der Waals surface area contributed by atoms with Crippen LogP contribution in [0.4, 0.5) is 4.39 Å². The Labute approximate surface area is 100.0 Å². The SMILES string of the molecule is COCC(CN)NC(=O)Cc1cccc(F)c1. The number of amides is 1. The minimum absolute atomic E-state index is 0.137. The molecule has 0 aromatic heterocycles. The van der Waals surface area contributed by atoms with Crippen LogP contribution >= 0.6 is 0 Å². The van der Waals surface area contributed by atoms with Crippen molar-refractivity contribution >= 4 is 5.91 Å². The Kier molecular flexibility index (Phi) is 5.59. The second kappa shape index (κ2) is 6.98. The smallest absolute Gasteiger partial charge is 0.224 e. The van der Waals surface area contributed by atoms with Gasteiger partial charge in [0.25, 0.3) is 0 Å². The summed E-state index contributed by atoms with van der Waals surface area (Å²) in [6, 6.07) is 5.76. The lowest BCUT2D eigenvalue weighted by Gasteiger charge is -2.15. The van der Waals surface area contributed by atoms with Crippen molar-refractivity contribution in [1.82, 2.24) is 5.32 Å². The van der Waals surface area contributed by atoms with Crippen molar-refractivity contribution in [3.8, 4) is 0 Å². The van der Waals surface area contributed by atoms with E-state index in [9.17, 15) is 9.18 Å². The molecule has 0 bridgehead atoms. The molecule has 17 heavy (non-hydrogen) atoms. The van der Waals surface area contributed by atoms with Crippen molar-refractivity contribution in [1.29, 1.82) is 0 Å². The normalized spacial score (nSPS) is 12.2. The van der Waals surface area contributed by atoms with Gasteiger partial charge in [0.15, 0.2) is 0 Å². The summed E-state index contributed by atoms with van der Waals surface area (Å²) in [5.74, 6) is -0.536. The lowest BCUT2D eigenvalue weighted by molar-refractivity contribution is -0.121. The molecule has 4 nitrogen and oxygen atoms in total. The molecule has 0 saturated carbocycles. The van der Waals surface area contributed by atoms with Gasteiger partial charge >= 0.3 is 0 Å². The third-order valence-corrected chi connectivity index (χ3v) is 2.27. The van der Waals surface area contributed by atoms with Crippen molar-refractivity contribution in [2.24, 2.45) is 5.73 Å². The van der Waals surface area contributed by atoms with Gasteiger partial charge in [-0.25, -0.2) is 4.39 Å². The van der Waals surface area contributed by atoms with Gasteiger partial charge in [-0.1, -0.05) is 12.1 Å². The number of hydrogen-bond donors (Lipinski definition) is 2. The van der Waals surface area contributed by atoms with Crippen molar-refractivity contribution in [2.75, 3.05) is 20.3 Å². The zero-order chi connectivity index (χ0) is 12.7. The third-order valence-electron chi connectivity index (χ3n) is 2.27. The molecule has 0 radical (unpaired) electrons. The second-order valence-electron chi connectivity index (χ2n) is 3.76. The van der Waals surface area contributed by atoms with Gasteiger partial charge in [0.05, 0.1) is 19.1 Å². The highest BCUT2D eigenvalue weighted by Gasteiger charge is 2.10. The monoisotopic (exact) mass is 240 g/mol. The molecule has 0 aliphatic rings. The van der Waals surface area contributed by atoms with Crippen molar-refractivity contribution in [2.45, 2.75) is 12.5 Å². The number of methoxy groups -OCH3 is 1. The van der Waals surface area contributed by atoms with Crippen LogP contribution in [0.15, 0.2) is 24.3 Å². The fourth-order valence-electron chi connectivity index (χ4n) is 1.48. The number of nitrogens with two attached hydrogens (primary N) is 1. The van der Waals surface area contributed by atoms with Crippen molar-refractivity contribution in [3.05, 3.63) is 35.6 Å². The first-order valence-electron chi connectivity index (χ1n) is 5.38. The Morgan fingerprint density at radius 2 is 2.35 bits per heavy atom. The summed E-state index contributed by atoms with van der Waals surface area (Å²) in [6.07, 6.45) is 0.137. The van der Waals surface area contributed by atoms with Gasteiger partial charge in [-0.15, -0.1) is 0 Å². The predicted molar refractivity (Wildman–Crippen MR) is 63.0 cm³/mol. The summed E-state index contributed by atoms with van der Waals surface area (Å²) in [5.41, 5.74) is 6.10. The number of rotatable bonds is 6. The molecule has 5 heteroatoms. The van der Waals surface area contributed by atoms with Crippen LogP contribution in [0.3, 0.4) is 0 Å². The zero-order valence-corrected chi connectivity index (χ0v) is 9.78. The van der Waals surface area contributed by atoms with Crippen LogP contribution < -0.4 is 11.1 Å². The van der Waals surface area contributed by atoms with Gasteiger partial charge in [-0.2, -0.15) is 0 Å². The largest absolute Gasteiger partial charge is 0.383 e. The summed E-state index contributed by atoms with van der Waals surface area (Å²) in [6.45, 7) is 0.675. The molecule has 1 atom stereocenters. The fraction of sp³-hybridized carbons (Fsp3) is 0.417. The van der Waals surface area contributed by atoms with E-state index in [4.69, 9.17) is 10.5 Å². The Morgan fingerprint density at radius 3 is 2.94 bits per heavy atom. The molecular formula is C12H17FN2O2. The van der Waals surface area contributed by atoms with Gasteiger partial charge < -0.3 is 15.8 Å². The van der Waals surface area contributed by atoms with Crippen molar-refractivity contribution in [3.63, 3.8) is 0 Å². The number of carbonyl (C=O) groups excluding carboxylic acids is 1. The highest BCUT2D eigenvalue weighted by atomic mass is 19.1. The van der Waals surface area contributed by atoms with Crippen LogP contribution in [0.1, 0.15) is 5.56 Å². The maximum atomic E-state index is 12.9. The van der Waals surface area contributed by atoms with Gasteiger partial charge in [-0.3, -0.25) is 4.79 Å². The lowest BCUT2D eigenvalue weighted by Crippen LogP contribution is -2.43. The average molecular weight is 240 g/mol. The first-order chi connectivity index (χ1) is 8.15. The average Bonchev–Trinajstić information content (AvgIpc) is 2.28. The molecule has 1 unspecified atom stereocenters. The highest BCUT2D eigenvalue weighted by molar-refractivity contribution is 5.78. The molecule has 0 heterocycles. The van der Waals surface area contributed by atoms with E-state index in [0.717, 1.165) is 0 Å². The molecule has 1 aromatic carbocycles. The minimum Gasteiger partial charge on any atom is -0.383 e. The van der Waals surface area contributed by atoms with Crippen LogP contribution in [0.25, 0.3) is 0 Å². The van der Waals surface area contributed by atoms with Crippen molar-refractivity contribution < 1.29 is 13.9 Å². The summed E-state index contributed by atoms with van der Waals surface area (Å²) >= 11 is 0. The van der Waals surface area contributed by atoms with Gasteiger partial charge in [-0.05, 0) is 17.7 Å². The van der Waals surface area contributed by atoms with E-state index < -0.39 is 0 Å². The summed E-state index contributed by atoms with van der Waals surface area (Å²) in [5, 5.41) is 2.72. The van der Waals surface area contributed by atoms with E-state index in [2.05, 4.69) is 5.32 Å². The molecule has 0 spiro atoms. The summed E-state index contributed by atoms with van der Waals surface area (Å²) in [4.78, 5) is 11.6. The number of benzene rings is 1. The molecule has 94 valence electrons. The fourth-order valence-corrected chi connectivity index (χ4v) is 1.48. The summed E-state index contributed by atoms with van der Waals surface area (Å²) in [7, 11) is 1.54. The molecule has 1 rings (SSSR count). The minimum atomic E-state index is -0.345. The Balaban J connectivity index is 2.49. The number of hydrogen-bond acceptors (Lipinski definition) is 3. The number of carbonyl (C=O) groups is 1. The molecular weight excluding hydrogens is 223 g/mol. The van der Waals surface area contributed by atoms with Crippen LogP contribution in [0.2, 0.25) is 0 Å². The molecule has 1 aromatic rings. The van der Waals surface area contributed by atoms with E-state index in [1.807, 2.05) is 0 Å². The van der Waals surface area contributed by atoms with Crippen LogP contribution in [-0.2, 0) is 16.0 Å². The Bertz CT molecular complexity index is 371. The molecule has 3 N–H and O–H groups in total. The van der Waals surface area contributed by atoms with E-state index in [1.165, 1.54) is 12.1 Å². The second-order valence-corrected chi connectivity index (χ2v) is 3.76. The van der Waals surface area contributed by atoms with Gasteiger partial charge in [0.1, 0.15) is 5.82 Å². The zero-order valence-electron chi connectivity index (χ0n) is 9.78. The number of ether oxygens (including phenoxy) is 1. The maximum Gasteiger partial charge on any atom is 0.224 e. The quantitative estimate of drug-likeness (QED) is 0.759. The molecule has 0 aliphatic heterocycles. The molecule has 0 fully saturated rings. The van der Waals surface area contributed by atoms with Crippen LogP contribution in [0.5, 0.6) is 0 Å². The molecule has 0 aliphatic carbocycles. The molecule has 0 saturated heterocycles. The van der Waals surface area contributed by atoms with E-state index in [0.29, 0.717) is 18.7 Å². The van der Waals surface area contributed by atoms with E-state index in [-0.39, 0.29) is 24.2 Å². The van der Waals surface area contributed by atoms with E-state index >= 15 is 0 Å². The Morgan fingerprint density at radius 1 is 1.59 bits per heavy atom. The highest BCUT2D eigenvalue weighted by Crippen LogP contribution is 2.04. The first-order valence-corrected chi connectivity index (χ1v) is 5.38. The first kappa shape index (κ1) is 13.6.